The van der Waals surface area contributed by atoms with Gasteiger partial charge >= 0.3 is 0 Å². The van der Waals surface area contributed by atoms with Gasteiger partial charge in [-0.2, -0.15) is 5.10 Å². The maximum atomic E-state index is 12.9. The van der Waals surface area contributed by atoms with Gasteiger partial charge in [0.1, 0.15) is 17.4 Å². The van der Waals surface area contributed by atoms with Crippen LogP contribution in [-0.2, 0) is 6.54 Å². The largest absolute Gasteiger partial charge is 0.507 e. The smallest absolute Gasteiger partial charge is 0.251 e. The van der Waals surface area contributed by atoms with Gasteiger partial charge in [0.25, 0.3) is 5.91 Å². The first-order chi connectivity index (χ1) is 19.1. The third-order valence-corrected chi connectivity index (χ3v) is 6.25. The number of fused-ring (bicyclic) bond motifs is 1. The average Bonchev–Trinajstić information content (AvgIpc) is 3.63. The van der Waals surface area contributed by atoms with E-state index in [0.29, 0.717) is 45.5 Å². The van der Waals surface area contributed by atoms with E-state index in [-0.39, 0.29) is 18.2 Å². The molecule has 0 bridgehead atoms. The molecule has 0 aliphatic heterocycles. The minimum atomic E-state index is -0.265. The monoisotopic (exact) mass is 517 g/mol. The molecule has 0 aliphatic carbocycles. The van der Waals surface area contributed by atoms with Crippen LogP contribution in [0.4, 0.5) is 0 Å². The van der Waals surface area contributed by atoms with E-state index in [4.69, 9.17) is 4.74 Å². The summed E-state index contributed by atoms with van der Waals surface area (Å²) < 4.78 is 5.38. The van der Waals surface area contributed by atoms with E-state index in [1.165, 1.54) is 0 Å². The molecule has 39 heavy (non-hydrogen) atoms. The third kappa shape index (κ3) is 4.78. The molecule has 0 fully saturated rings. The van der Waals surface area contributed by atoms with Crippen molar-refractivity contribution in [3.63, 3.8) is 0 Å². The van der Waals surface area contributed by atoms with Crippen LogP contribution in [-0.4, -0.2) is 48.3 Å². The number of pyridine rings is 1. The summed E-state index contributed by atoms with van der Waals surface area (Å²) in [6.45, 7) is 0.198. The molecule has 6 aromatic rings. The van der Waals surface area contributed by atoms with Crippen LogP contribution in [0.2, 0.25) is 0 Å². The first kappa shape index (κ1) is 23.9. The van der Waals surface area contributed by atoms with Crippen molar-refractivity contribution in [3.05, 3.63) is 96.4 Å². The number of carbonyl (C=O) groups excluding carboxylic acids is 1. The normalized spacial score (nSPS) is 11.0. The second kappa shape index (κ2) is 10.1. The van der Waals surface area contributed by atoms with Gasteiger partial charge < -0.3 is 20.1 Å². The number of phenols is 1. The van der Waals surface area contributed by atoms with Crippen LogP contribution in [0.3, 0.4) is 0 Å². The lowest BCUT2D eigenvalue weighted by Gasteiger charge is -2.09. The van der Waals surface area contributed by atoms with E-state index in [9.17, 15) is 9.90 Å². The van der Waals surface area contributed by atoms with Gasteiger partial charge in [-0.25, -0.2) is 15.0 Å². The number of phenolic OH excluding ortho intramolecular Hbond substituents is 1. The van der Waals surface area contributed by atoms with Crippen molar-refractivity contribution >= 4 is 16.9 Å². The highest BCUT2D eigenvalue weighted by molar-refractivity contribution is 5.97. The van der Waals surface area contributed by atoms with Gasteiger partial charge in [-0.3, -0.25) is 9.89 Å². The van der Waals surface area contributed by atoms with Crippen molar-refractivity contribution in [3.8, 4) is 45.5 Å². The van der Waals surface area contributed by atoms with Crippen molar-refractivity contribution in [2.45, 2.75) is 6.54 Å². The molecule has 3 aromatic heterocycles. The minimum absolute atomic E-state index is 0.0700. The zero-order valence-electron chi connectivity index (χ0n) is 20.8. The Hall–Kier alpha value is -5.51. The van der Waals surface area contributed by atoms with Gasteiger partial charge in [0.15, 0.2) is 5.82 Å². The van der Waals surface area contributed by atoms with E-state index >= 15 is 0 Å². The van der Waals surface area contributed by atoms with Crippen molar-refractivity contribution in [1.82, 2.24) is 35.5 Å². The highest BCUT2D eigenvalue weighted by Gasteiger charge is 2.15. The number of nitrogens with zero attached hydrogens (tertiary/aromatic N) is 4. The van der Waals surface area contributed by atoms with Gasteiger partial charge in [-0.15, -0.1) is 0 Å². The lowest BCUT2D eigenvalue weighted by atomic mass is 10.0. The zero-order valence-corrected chi connectivity index (χ0v) is 20.8. The summed E-state index contributed by atoms with van der Waals surface area (Å²) >= 11 is 0. The Balaban J connectivity index is 1.22. The maximum Gasteiger partial charge on any atom is 0.251 e. The quantitative estimate of drug-likeness (QED) is 0.240. The molecule has 0 aliphatic rings. The number of rotatable bonds is 7. The fourth-order valence-electron chi connectivity index (χ4n) is 4.30. The molecule has 4 N–H and O–H groups in total. The summed E-state index contributed by atoms with van der Waals surface area (Å²) in [7, 11) is 1.56. The molecule has 3 aromatic carbocycles. The topological polar surface area (TPSA) is 142 Å². The van der Waals surface area contributed by atoms with Crippen LogP contribution in [0.1, 0.15) is 16.2 Å². The fraction of sp³-hybridized carbons (Fsp3) is 0.0690. The first-order valence-electron chi connectivity index (χ1n) is 12.2. The number of aromatic hydroxyl groups is 1. The van der Waals surface area contributed by atoms with Crippen LogP contribution in [0, 0.1) is 0 Å². The molecule has 0 unspecified atom stereocenters. The number of benzene rings is 3. The molecular weight excluding hydrogens is 494 g/mol. The minimum Gasteiger partial charge on any atom is -0.507 e. The highest BCUT2D eigenvalue weighted by atomic mass is 16.5. The molecular formula is C29H23N7O3. The number of methoxy groups -OCH3 is 1. The van der Waals surface area contributed by atoms with Crippen LogP contribution in [0.15, 0.2) is 85.1 Å². The summed E-state index contributed by atoms with van der Waals surface area (Å²) in [5.74, 6) is 1.88. The summed E-state index contributed by atoms with van der Waals surface area (Å²) in [5.41, 5.74) is 4.79. The fourth-order valence-corrected chi connectivity index (χ4v) is 4.30. The van der Waals surface area contributed by atoms with Crippen molar-refractivity contribution < 1.29 is 14.6 Å². The van der Waals surface area contributed by atoms with Gasteiger partial charge in [-0.05, 0) is 48.0 Å². The predicted octanol–water partition coefficient (Wildman–Crippen LogP) is 4.72. The summed E-state index contributed by atoms with van der Waals surface area (Å²) in [4.78, 5) is 29.4. The number of imidazole rings is 1. The molecule has 0 saturated heterocycles. The molecule has 0 radical (unpaired) electrons. The molecule has 10 nitrogen and oxygen atoms in total. The van der Waals surface area contributed by atoms with Crippen molar-refractivity contribution in [1.29, 1.82) is 0 Å². The Morgan fingerprint density at radius 3 is 2.67 bits per heavy atom. The standard InChI is InChI=1S/C29H23N7O3/c1-39-29-20(8-5-13-30-29)18-10-12-24(37)21(14-18)27-32-22-11-9-19(15-23(22)33-27)28(38)31-16-25-34-26(36-35-25)17-6-3-2-4-7-17/h2-15,37H,16H2,1H3,(H,31,38)(H,32,33)(H,34,35,36). The molecule has 192 valence electrons. The number of aromatic amines is 2. The number of nitrogens with one attached hydrogen (secondary N) is 3. The van der Waals surface area contributed by atoms with Crippen molar-refractivity contribution in [2.75, 3.05) is 7.11 Å². The van der Waals surface area contributed by atoms with E-state index in [1.54, 1.807) is 43.6 Å². The molecule has 6 rings (SSSR count). The van der Waals surface area contributed by atoms with Crippen LogP contribution in [0.25, 0.3) is 44.9 Å². The Labute approximate surface area is 222 Å². The van der Waals surface area contributed by atoms with Gasteiger partial charge in [0.05, 0.1) is 30.3 Å². The molecule has 3 heterocycles. The molecule has 0 saturated carbocycles. The summed E-state index contributed by atoms with van der Waals surface area (Å²) in [6, 6.07) is 23.7. The lowest BCUT2D eigenvalue weighted by Crippen LogP contribution is -2.23. The number of H-pyrrole nitrogens is 2. The SMILES string of the molecule is COc1ncccc1-c1ccc(O)c(-c2nc3ccc(C(=O)NCc4nc(-c5ccccc5)n[nH]4)cc3[nH]2)c1. The van der Waals surface area contributed by atoms with E-state index in [1.807, 2.05) is 48.5 Å². The lowest BCUT2D eigenvalue weighted by molar-refractivity contribution is 0.0950. The highest BCUT2D eigenvalue weighted by Crippen LogP contribution is 2.35. The van der Waals surface area contributed by atoms with Crippen LogP contribution < -0.4 is 10.1 Å². The number of ether oxygens (including phenoxy) is 1. The van der Waals surface area contributed by atoms with Crippen LogP contribution >= 0.6 is 0 Å². The van der Waals surface area contributed by atoms with Crippen LogP contribution in [0.5, 0.6) is 11.6 Å². The number of hydrogen-bond donors (Lipinski definition) is 4. The van der Waals surface area contributed by atoms with Gasteiger partial charge in [0, 0.05) is 22.9 Å². The Bertz CT molecular complexity index is 1790. The molecule has 0 spiro atoms. The Kier molecular flexibility index (Phi) is 6.18. The van der Waals surface area contributed by atoms with E-state index in [0.717, 1.165) is 16.7 Å². The van der Waals surface area contributed by atoms with E-state index < -0.39 is 0 Å². The zero-order chi connectivity index (χ0) is 26.8. The average molecular weight is 518 g/mol. The molecule has 0 atom stereocenters. The number of carbonyl (C=O) groups is 1. The van der Waals surface area contributed by atoms with Gasteiger partial charge in [0.2, 0.25) is 5.88 Å². The molecule has 10 heteroatoms. The maximum absolute atomic E-state index is 12.9. The second-order valence-corrected chi connectivity index (χ2v) is 8.76. The summed E-state index contributed by atoms with van der Waals surface area (Å²) in [5, 5.41) is 20.5. The third-order valence-electron chi connectivity index (χ3n) is 6.25. The predicted molar refractivity (Wildman–Crippen MR) is 146 cm³/mol. The molecule has 1 amide bonds. The summed E-state index contributed by atoms with van der Waals surface area (Å²) in [6.07, 6.45) is 1.66. The first-order valence-corrected chi connectivity index (χ1v) is 12.2. The number of hydrogen-bond acceptors (Lipinski definition) is 7. The number of aromatic nitrogens is 6. The number of amides is 1. The Morgan fingerprint density at radius 2 is 1.82 bits per heavy atom. The van der Waals surface area contributed by atoms with Gasteiger partial charge in [-0.1, -0.05) is 36.4 Å². The van der Waals surface area contributed by atoms with E-state index in [2.05, 4.69) is 35.5 Å². The van der Waals surface area contributed by atoms with Crippen molar-refractivity contribution in [2.24, 2.45) is 0 Å². The second-order valence-electron chi connectivity index (χ2n) is 8.76. The Morgan fingerprint density at radius 1 is 0.949 bits per heavy atom.